The molecule has 10 saturated heterocycles. The summed E-state index contributed by atoms with van der Waals surface area (Å²) >= 11 is 0. The molecule has 1 unspecified atom stereocenters. The molecule has 0 aromatic rings. The third-order valence-corrected chi connectivity index (χ3v) is 21.6. The van der Waals surface area contributed by atoms with Gasteiger partial charge in [-0.05, 0) is 13.8 Å². The third kappa shape index (κ3) is 20.5. The highest BCUT2D eigenvalue weighted by Crippen LogP contribution is 2.42. The summed E-state index contributed by atoms with van der Waals surface area (Å²) in [5.41, 5.74) is 0. The molecule has 0 aromatic carbocycles. The highest BCUT2D eigenvalue weighted by molar-refractivity contribution is 5.74. The minimum atomic E-state index is -2.53. The lowest BCUT2D eigenvalue weighted by Gasteiger charge is -2.52. The van der Waals surface area contributed by atoms with Gasteiger partial charge in [0, 0.05) is 20.8 Å². The first kappa shape index (κ1) is 94.9. The quantitative estimate of drug-likeness (QED) is 0.0331. The number of hydrogen-bond acceptors (Lipinski definition) is 48. The van der Waals surface area contributed by atoms with Crippen molar-refractivity contribution in [2.75, 3.05) is 52.9 Å². The van der Waals surface area contributed by atoms with Gasteiger partial charge in [-0.1, -0.05) is 0 Å². The zero-order chi connectivity index (χ0) is 85.2. The van der Waals surface area contributed by atoms with Crippen molar-refractivity contribution in [1.29, 1.82) is 0 Å². The molecular weight excluding hydrogens is 1590 g/mol. The van der Waals surface area contributed by atoms with Crippen molar-refractivity contribution in [3.8, 4) is 0 Å². The van der Waals surface area contributed by atoms with Crippen molar-refractivity contribution < 1.29 is 237 Å². The fraction of sp³-hybridized carbons (Fsp3) is 0.954. The van der Waals surface area contributed by atoms with Gasteiger partial charge < -0.3 is 239 Å². The van der Waals surface area contributed by atoms with Crippen LogP contribution in [0.25, 0.3) is 0 Å². The molecule has 51 nitrogen and oxygen atoms in total. The van der Waals surface area contributed by atoms with Gasteiger partial charge in [0.05, 0.1) is 65.1 Å². The van der Waals surface area contributed by atoms with Gasteiger partial charge in [0.1, 0.15) is 226 Å². The minimum Gasteiger partial charge on any atom is -0.394 e. The fourth-order valence-electron chi connectivity index (χ4n) is 15.1. The van der Waals surface area contributed by atoms with Crippen LogP contribution in [-0.2, 0) is 104 Å². The van der Waals surface area contributed by atoms with Crippen molar-refractivity contribution >= 4 is 17.7 Å². The molecule has 116 heavy (non-hydrogen) atoms. The molecule has 0 aromatic heterocycles. The van der Waals surface area contributed by atoms with Crippen LogP contribution in [0.1, 0.15) is 34.6 Å². The Kier molecular flexibility index (Phi) is 33.5. The maximum absolute atomic E-state index is 13.4. The standard InChI is InChI=1S/C65H109N3O48/c1-14-30(78)39(87)45(93)59(100-14)99-13-26-50(110-63-48(96)42(90)33(81)20(7-70)104-63)38(86)28(67-17(4)76)58(109-26)115-54-43(91)34(82)21(8-71)106-64(54)114-53-36(84)25(12-98-60-46(94)41(89)32(80)19(6-69)103-60)108-65(55(53)116-62-44(92)35(83)22(9-72)105-62)111-49-23(10-73)107-57(27(37(49)85)66-16(3)75)112-51-24(11-74)102-56(97)29(68-18(5)77)52(51)113-61-47(95)40(88)31(79)15(2)101-61/h14-15,19-65,69-74,78-97H,6-13H2,1-5H3,(H,66,75)(H,67,76)(H,68,77)/t14-,15-,19+,20+,21+,22+,23+,24+,25+,26+,27+,28+,29+,30+,31+,32+,33-,34+,35-,36+,37+,38+,39+,40+,41-,42-,43-,44+,45-,46-,47-,48+,49+,50+,51+,52+,53-,54-,55-,56?,57-,58-,59+,60-,61-,62-,63-,64+,65-/m0/s1. The van der Waals surface area contributed by atoms with E-state index in [2.05, 4.69) is 16.0 Å². The summed E-state index contributed by atoms with van der Waals surface area (Å²) in [6, 6.07) is -5.90. The normalized spacial score (nSPS) is 51.0. The van der Waals surface area contributed by atoms with Gasteiger partial charge in [-0.3, -0.25) is 14.4 Å². The van der Waals surface area contributed by atoms with Crippen LogP contribution >= 0.6 is 0 Å². The zero-order valence-corrected chi connectivity index (χ0v) is 62.6. The van der Waals surface area contributed by atoms with Crippen LogP contribution in [0.15, 0.2) is 0 Å². The van der Waals surface area contributed by atoms with Crippen LogP contribution in [0.4, 0.5) is 0 Å². The monoisotopic (exact) mass is 1700 g/mol. The number of aliphatic hydroxyl groups excluding tert-OH is 26. The van der Waals surface area contributed by atoms with Crippen molar-refractivity contribution in [3.05, 3.63) is 0 Å². The number of amides is 3. The Labute approximate surface area is 657 Å². The van der Waals surface area contributed by atoms with E-state index in [0.717, 1.165) is 20.8 Å². The predicted octanol–water partition coefficient (Wildman–Crippen LogP) is -19.7. The minimum absolute atomic E-state index is 0.861. The molecular formula is C65H109N3O48. The molecule has 10 fully saturated rings. The topological polar surface area (TPSA) is 789 Å². The summed E-state index contributed by atoms with van der Waals surface area (Å²) in [4.78, 5) is 39.4. The first-order chi connectivity index (χ1) is 54.8. The molecule has 51 heteroatoms. The van der Waals surface area contributed by atoms with E-state index in [0.29, 0.717) is 0 Å². The van der Waals surface area contributed by atoms with E-state index in [1.54, 1.807) is 0 Å². The van der Waals surface area contributed by atoms with Crippen molar-refractivity contribution in [2.45, 2.75) is 335 Å². The van der Waals surface area contributed by atoms with Crippen LogP contribution in [0.5, 0.6) is 0 Å². The second-order valence-electron chi connectivity index (χ2n) is 29.8. The Morgan fingerprint density at radius 3 is 1.02 bits per heavy atom. The average Bonchev–Trinajstić information content (AvgIpc) is 0.899. The van der Waals surface area contributed by atoms with Gasteiger partial charge in [-0.15, -0.1) is 0 Å². The van der Waals surface area contributed by atoms with E-state index in [9.17, 15) is 147 Å². The molecule has 0 saturated carbocycles. The summed E-state index contributed by atoms with van der Waals surface area (Å²) in [5, 5.41) is 297. The number of hydrogen-bond donors (Lipinski definition) is 29. The smallest absolute Gasteiger partial charge is 0.217 e. The van der Waals surface area contributed by atoms with Crippen LogP contribution in [0, 0.1) is 0 Å². The summed E-state index contributed by atoms with van der Waals surface area (Å²) in [7, 11) is 0. The second-order valence-corrected chi connectivity index (χ2v) is 29.8. The Morgan fingerprint density at radius 1 is 0.241 bits per heavy atom. The molecule has 0 aliphatic carbocycles. The summed E-state index contributed by atoms with van der Waals surface area (Å²) in [6.07, 6.45) is -95.3. The van der Waals surface area contributed by atoms with Gasteiger partial charge in [0.15, 0.2) is 62.9 Å². The van der Waals surface area contributed by atoms with Crippen LogP contribution in [-0.4, -0.2) is 504 Å². The first-order valence-electron chi connectivity index (χ1n) is 37.3. The first-order valence-corrected chi connectivity index (χ1v) is 37.3. The molecule has 672 valence electrons. The molecule has 0 spiro atoms. The number of carbonyl (C=O) groups is 3. The number of rotatable bonds is 29. The van der Waals surface area contributed by atoms with Crippen molar-refractivity contribution in [3.63, 3.8) is 0 Å². The lowest BCUT2D eigenvalue weighted by atomic mass is 9.93. The molecule has 10 aliphatic heterocycles. The molecule has 49 atom stereocenters. The summed E-state index contributed by atoms with van der Waals surface area (Å²) in [6.45, 7) is -3.48. The maximum Gasteiger partial charge on any atom is 0.217 e. The van der Waals surface area contributed by atoms with E-state index in [-0.39, 0.29) is 0 Å². The number of aliphatic hydroxyl groups is 26. The van der Waals surface area contributed by atoms with E-state index < -0.39 is 371 Å². The number of nitrogens with one attached hydrogen (secondary N) is 3. The zero-order valence-electron chi connectivity index (χ0n) is 62.6. The van der Waals surface area contributed by atoms with E-state index in [1.165, 1.54) is 13.8 Å². The lowest BCUT2D eigenvalue weighted by molar-refractivity contribution is -0.408. The van der Waals surface area contributed by atoms with Gasteiger partial charge in [0.25, 0.3) is 0 Å². The Bertz CT molecular complexity index is 3080. The molecule has 29 N–H and O–H groups in total. The molecule has 10 aliphatic rings. The summed E-state index contributed by atoms with van der Waals surface area (Å²) in [5.74, 6) is -2.88. The molecule has 0 bridgehead atoms. The second kappa shape index (κ2) is 40.9. The van der Waals surface area contributed by atoms with Gasteiger partial charge >= 0.3 is 0 Å². The lowest BCUT2D eigenvalue weighted by Crippen LogP contribution is -2.71. The Balaban J connectivity index is 1.04. The van der Waals surface area contributed by atoms with Crippen molar-refractivity contribution in [2.24, 2.45) is 0 Å². The van der Waals surface area contributed by atoms with E-state index in [1.807, 2.05) is 0 Å². The van der Waals surface area contributed by atoms with Crippen LogP contribution in [0.3, 0.4) is 0 Å². The summed E-state index contributed by atoms with van der Waals surface area (Å²) < 4.78 is 115. The number of carbonyl (C=O) groups excluding carboxylic acids is 3. The highest BCUT2D eigenvalue weighted by atomic mass is 16.8. The SMILES string of the molecule is CC(=O)N[C@H]1[C@H](O[C@@H]2[C@@H](O[C@H]3[C@H](O)[C@@H](CO[C@H]4O[C@H](CO)[C@@H](O)[C@H](O)[C@@H]4O)O[C@@H](O[C@H]4[C@H](O)[C@@H](NC(C)=O)[C@H](O[C@H]5[C@H](O[C@@H]6O[C@@H](C)[C@@H](O)[C@@H](O)[C@@H]6O)[C@@H](NC(C)=O)C(O)O[C@@H]5CO)O[C@@H]4CO)[C@H]3O[C@@H]3O[C@H](CO)[C@H](O)[C@H]3O)O[C@H](CO)[C@@H](O)[C@@H]2O)O[C@H](CO[C@@H]2O[C@@H](C)[C@@H](O)[C@@H](O)[C@@H]2O)[C@@H](O[C@@H]2O[C@H](CO)[C@H](O)[C@H](O)[C@H]2O)[C@@H]1O. The maximum atomic E-state index is 13.4. The van der Waals surface area contributed by atoms with E-state index in [4.69, 9.17) is 90.0 Å². The predicted molar refractivity (Wildman–Crippen MR) is 356 cm³/mol. The molecule has 0 radical (unpaired) electrons. The van der Waals surface area contributed by atoms with Crippen molar-refractivity contribution in [1.82, 2.24) is 16.0 Å². The third-order valence-electron chi connectivity index (χ3n) is 21.6. The van der Waals surface area contributed by atoms with Gasteiger partial charge in [0.2, 0.25) is 17.7 Å². The van der Waals surface area contributed by atoms with Gasteiger partial charge in [-0.25, -0.2) is 0 Å². The largest absolute Gasteiger partial charge is 0.394 e. The van der Waals surface area contributed by atoms with Crippen LogP contribution < -0.4 is 16.0 Å². The van der Waals surface area contributed by atoms with E-state index >= 15 is 0 Å². The van der Waals surface area contributed by atoms with Crippen LogP contribution in [0.2, 0.25) is 0 Å². The molecule has 3 amide bonds. The Morgan fingerprint density at radius 2 is 0.534 bits per heavy atom. The average molecular weight is 1700 g/mol. The molecule has 10 rings (SSSR count). The fourth-order valence-corrected chi connectivity index (χ4v) is 15.1. The molecule has 10 heterocycles. The Hall–Kier alpha value is -3.39. The highest BCUT2D eigenvalue weighted by Gasteiger charge is 2.62. The van der Waals surface area contributed by atoms with Gasteiger partial charge in [-0.2, -0.15) is 0 Å². The number of ether oxygens (including phenoxy) is 19.